The van der Waals surface area contributed by atoms with Gasteiger partial charge in [0.15, 0.2) is 5.78 Å². The number of aryl methyl sites for hydroxylation is 1. The van der Waals surface area contributed by atoms with E-state index < -0.39 is 12.0 Å². The van der Waals surface area contributed by atoms with Gasteiger partial charge in [-0.15, -0.1) is 0 Å². The van der Waals surface area contributed by atoms with E-state index in [1.165, 1.54) is 0 Å². The van der Waals surface area contributed by atoms with E-state index in [-0.39, 0.29) is 36.9 Å². The molecule has 3 aromatic carbocycles. The number of nitrogens with one attached hydrogen (secondary N) is 1. The molecule has 2 aliphatic rings. The Morgan fingerprint density at radius 3 is 2.41 bits per heavy atom. The molecule has 1 heterocycles. The molecule has 3 aromatic rings. The fourth-order valence-electron chi connectivity index (χ4n) is 5.29. The van der Waals surface area contributed by atoms with Gasteiger partial charge in [-0.25, -0.2) is 0 Å². The Hall–Kier alpha value is -3.90. The molecule has 1 aliphatic carbocycles. The monoisotopic (exact) mass is 514 g/mol. The molecule has 0 fully saturated rings. The lowest BCUT2D eigenvalue weighted by molar-refractivity contribution is -0.138. The van der Waals surface area contributed by atoms with Crippen LogP contribution in [-0.2, 0) is 14.4 Å². The summed E-state index contributed by atoms with van der Waals surface area (Å²) in [5.74, 6) is -1.56. The predicted octanol–water partition coefficient (Wildman–Crippen LogP) is 6.41. The van der Waals surface area contributed by atoms with Crippen LogP contribution in [0.4, 0.5) is 11.4 Å². The molecular weight excluding hydrogens is 488 g/mol. The molecule has 0 radical (unpaired) electrons. The van der Waals surface area contributed by atoms with Gasteiger partial charge in [-0.1, -0.05) is 71.8 Å². The van der Waals surface area contributed by atoms with Crippen LogP contribution in [0.2, 0.25) is 5.02 Å². The summed E-state index contributed by atoms with van der Waals surface area (Å²) in [6.45, 7) is 1.98. The number of anilines is 2. The van der Waals surface area contributed by atoms with Gasteiger partial charge in [0.25, 0.3) is 0 Å². The Bertz CT molecular complexity index is 1410. The van der Waals surface area contributed by atoms with Crippen LogP contribution in [-0.4, -0.2) is 22.8 Å². The molecule has 37 heavy (non-hydrogen) atoms. The van der Waals surface area contributed by atoms with E-state index in [4.69, 9.17) is 11.6 Å². The van der Waals surface area contributed by atoms with Gasteiger partial charge in [-0.3, -0.25) is 19.3 Å². The van der Waals surface area contributed by atoms with E-state index >= 15 is 0 Å². The third-order valence-electron chi connectivity index (χ3n) is 7.05. The number of carbonyl (C=O) groups is 3. The number of amides is 1. The highest BCUT2D eigenvalue weighted by Crippen LogP contribution is 2.48. The van der Waals surface area contributed by atoms with Crippen LogP contribution < -0.4 is 10.2 Å². The van der Waals surface area contributed by atoms with Crippen LogP contribution >= 0.6 is 11.6 Å². The lowest BCUT2D eigenvalue weighted by atomic mass is 9.78. The predicted molar refractivity (Wildman–Crippen MR) is 144 cm³/mol. The highest BCUT2D eigenvalue weighted by molar-refractivity contribution is 6.31. The van der Waals surface area contributed by atoms with Gasteiger partial charge in [0.2, 0.25) is 5.91 Å². The maximum Gasteiger partial charge on any atom is 0.303 e. The van der Waals surface area contributed by atoms with E-state index in [0.29, 0.717) is 28.4 Å². The van der Waals surface area contributed by atoms with Crippen molar-refractivity contribution in [2.75, 3.05) is 10.2 Å². The van der Waals surface area contributed by atoms with Crippen molar-refractivity contribution in [3.63, 3.8) is 0 Å². The smallest absolute Gasteiger partial charge is 0.303 e. The summed E-state index contributed by atoms with van der Waals surface area (Å²) in [7, 11) is 0. The van der Waals surface area contributed by atoms with Crippen molar-refractivity contribution in [1.29, 1.82) is 0 Å². The average molecular weight is 515 g/mol. The molecule has 1 aliphatic heterocycles. The van der Waals surface area contributed by atoms with Crippen molar-refractivity contribution in [2.45, 2.75) is 44.6 Å². The molecule has 1 amide bonds. The van der Waals surface area contributed by atoms with Crippen LogP contribution in [0.25, 0.3) is 0 Å². The number of ketones is 1. The number of rotatable bonds is 5. The van der Waals surface area contributed by atoms with Crippen molar-refractivity contribution in [3.05, 3.63) is 106 Å². The number of carboxylic acids is 1. The Balaban J connectivity index is 1.69. The van der Waals surface area contributed by atoms with E-state index in [9.17, 15) is 19.5 Å². The van der Waals surface area contributed by atoms with Crippen LogP contribution in [0.1, 0.15) is 54.3 Å². The quantitative estimate of drug-likeness (QED) is 0.410. The van der Waals surface area contributed by atoms with Gasteiger partial charge < -0.3 is 10.4 Å². The zero-order valence-electron chi connectivity index (χ0n) is 20.4. The molecule has 5 rings (SSSR count). The summed E-state index contributed by atoms with van der Waals surface area (Å²) in [6, 6.07) is 22.1. The van der Waals surface area contributed by atoms with Gasteiger partial charge in [-0.2, -0.15) is 0 Å². The minimum atomic E-state index is -1.04. The molecule has 188 valence electrons. The topological polar surface area (TPSA) is 86.7 Å². The number of aliphatic carboxylic acids is 1. The summed E-state index contributed by atoms with van der Waals surface area (Å²) in [4.78, 5) is 40.5. The number of benzene rings is 3. The first-order valence-electron chi connectivity index (χ1n) is 12.3. The molecule has 0 saturated heterocycles. The molecule has 2 N–H and O–H groups in total. The van der Waals surface area contributed by atoms with Crippen LogP contribution in [0.5, 0.6) is 0 Å². The molecular formula is C30H27ClN2O4. The second kappa shape index (κ2) is 10.2. The Labute approximate surface area is 220 Å². The van der Waals surface area contributed by atoms with Gasteiger partial charge in [0.1, 0.15) is 0 Å². The Morgan fingerprint density at radius 2 is 1.68 bits per heavy atom. The van der Waals surface area contributed by atoms with Crippen molar-refractivity contribution in [2.24, 2.45) is 0 Å². The lowest BCUT2D eigenvalue weighted by Gasteiger charge is -2.35. The van der Waals surface area contributed by atoms with E-state index in [1.54, 1.807) is 4.90 Å². The fraction of sp³-hybridized carbons (Fsp3) is 0.233. The zero-order chi connectivity index (χ0) is 26.1. The number of carbonyl (C=O) groups excluding carboxylic acids is 2. The van der Waals surface area contributed by atoms with Gasteiger partial charge in [0, 0.05) is 29.1 Å². The number of fused-ring (bicyclic) bond motifs is 1. The normalized spacial score (nSPS) is 19.0. The third-order valence-corrected chi connectivity index (χ3v) is 7.39. The number of hydrogen-bond acceptors (Lipinski definition) is 4. The minimum Gasteiger partial charge on any atom is -0.481 e. The highest BCUT2D eigenvalue weighted by Gasteiger charge is 2.41. The summed E-state index contributed by atoms with van der Waals surface area (Å²) in [5.41, 5.74) is 5.37. The summed E-state index contributed by atoms with van der Waals surface area (Å²) < 4.78 is 0. The number of para-hydroxylation sites is 2. The van der Waals surface area contributed by atoms with E-state index in [2.05, 4.69) is 5.32 Å². The highest BCUT2D eigenvalue weighted by atomic mass is 35.5. The second-order valence-electron chi connectivity index (χ2n) is 9.55. The van der Waals surface area contributed by atoms with E-state index in [1.807, 2.05) is 79.7 Å². The fourth-order valence-corrected chi connectivity index (χ4v) is 5.58. The first-order chi connectivity index (χ1) is 17.8. The van der Waals surface area contributed by atoms with Crippen molar-refractivity contribution >= 4 is 40.6 Å². The van der Waals surface area contributed by atoms with Crippen molar-refractivity contribution in [1.82, 2.24) is 0 Å². The molecule has 0 unspecified atom stereocenters. The first-order valence-corrected chi connectivity index (χ1v) is 12.7. The maximum atomic E-state index is 13.9. The Morgan fingerprint density at radius 1 is 0.973 bits per heavy atom. The molecule has 2 atom stereocenters. The van der Waals surface area contributed by atoms with Crippen LogP contribution in [0.15, 0.2) is 84.1 Å². The average Bonchev–Trinajstić information content (AvgIpc) is 3.02. The number of allylic oxidation sites excluding steroid dienone is 1. The molecule has 6 nitrogen and oxygen atoms in total. The summed E-state index contributed by atoms with van der Waals surface area (Å²) in [5, 5.41) is 13.4. The van der Waals surface area contributed by atoms with Crippen molar-refractivity contribution < 1.29 is 19.5 Å². The van der Waals surface area contributed by atoms with Crippen LogP contribution in [0, 0.1) is 6.92 Å². The van der Waals surface area contributed by atoms with Crippen LogP contribution in [0.3, 0.4) is 0 Å². The molecule has 7 heteroatoms. The molecule has 0 saturated carbocycles. The van der Waals surface area contributed by atoms with Gasteiger partial charge in [-0.05, 0) is 48.6 Å². The van der Waals surface area contributed by atoms with Crippen molar-refractivity contribution in [3.8, 4) is 0 Å². The minimum absolute atomic E-state index is 0.0620. The molecule has 0 spiro atoms. The molecule has 0 bridgehead atoms. The number of nitrogens with zero attached hydrogens (tertiary/aromatic N) is 1. The summed E-state index contributed by atoms with van der Waals surface area (Å²) in [6.07, 6.45) is 0.351. The number of halogens is 1. The largest absolute Gasteiger partial charge is 0.481 e. The summed E-state index contributed by atoms with van der Waals surface area (Å²) >= 11 is 6.51. The SMILES string of the molecule is Cc1ccc([C@H]2C3=C(C[C@H](c4ccccc4Cl)CC3=O)Nc3ccccc3N2C(=O)CCC(=O)O)cc1. The number of Topliss-reactive ketones (excluding diaryl/α,β-unsaturated/α-hetero) is 1. The first kappa shape index (κ1) is 24.8. The maximum absolute atomic E-state index is 13.9. The van der Waals surface area contributed by atoms with E-state index in [0.717, 1.165) is 22.4 Å². The molecule has 0 aromatic heterocycles. The van der Waals surface area contributed by atoms with Gasteiger partial charge in [0.05, 0.1) is 23.8 Å². The number of carboxylic acid groups (broad SMARTS) is 1. The second-order valence-corrected chi connectivity index (χ2v) is 9.96. The third kappa shape index (κ3) is 4.89. The Kier molecular flexibility index (Phi) is 6.85. The zero-order valence-corrected chi connectivity index (χ0v) is 21.2. The lowest BCUT2D eigenvalue weighted by Crippen LogP contribution is -2.38. The van der Waals surface area contributed by atoms with Gasteiger partial charge >= 0.3 is 5.97 Å². The standard InChI is InChI=1S/C30H27ClN2O4/c1-18-10-12-19(13-11-18)30-29-24(16-20(17-26(29)34)21-6-2-3-7-22(21)31)32-23-8-4-5-9-25(23)33(30)27(35)14-15-28(36)37/h2-13,20,30,32H,14-17H2,1H3,(H,36,37)/t20-,30-/m0/s1. The number of hydrogen-bond donors (Lipinski definition) is 2.